The molecule has 5 heteroatoms. The normalized spacial score (nSPS) is 10.1. The van der Waals surface area contributed by atoms with Gasteiger partial charge in [-0.3, -0.25) is 9.59 Å². The zero-order valence-corrected chi connectivity index (χ0v) is 12.2. The van der Waals surface area contributed by atoms with Crippen LogP contribution in [0.1, 0.15) is 11.1 Å². The van der Waals surface area contributed by atoms with Crippen LogP contribution in [0.5, 0.6) is 0 Å². The summed E-state index contributed by atoms with van der Waals surface area (Å²) >= 11 is 0. The van der Waals surface area contributed by atoms with E-state index in [1.165, 1.54) is 18.2 Å². The molecule has 0 saturated heterocycles. The molecule has 0 aromatic heterocycles. The van der Waals surface area contributed by atoms with Crippen molar-refractivity contribution in [3.63, 3.8) is 0 Å². The second-order valence-electron chi connectivity index (χ2n) is 5.00. The molecule has 114 valence electrons. The molecule has 2 aromatic rings. The number of nitrogens with one attached hydrogen (secondary N) is 2. The fourth-order valence-corrected chi connectivity index (χ4v) is 2.02. The molecular weight excluding hydrogens is 283 g/mol. The van der Waals surface area contributed by atoms with E-state index in [4.69, 9.17) is 0 Å². The van der Waals surface area contributed by atoms with Gasteiger partial charge in [-0.1, -0.05) is 35.9 Å². The van der Waals surface area contributed by atoms with Gasteiger partial charge < -0.3 is 10.6 Å². The predicted octanol–water partition coefficient (Wildman–Crippen LogP) is 2.43. The van der Waals surface area contributed by atoms with Crippen molar-refractivity contribution in [2.75, 3.05) is 11.9 Å². The lowest BCUT2D eigenvalue weighted by molar-refractivity contribution is -0.123. The van der Waals surface area contributed by atoms with E-state index in [2.05, 4.69) is 10.6 Å². The van der Waals surface area contributed by atoms with Crippen LogP contribution in [0.25, 0.3) is 0 Å². The summed E-state index contributed by atoms with van der Waals surface area (Å²) in [6, 6.07) is 13.2. The molecule has 2 N–H and O–H groups in total. The molecule has 0 unspecified atom stereocenters. The van der Waals surface area contributed by atoms with Gasteiger partial charge in [-0.2, -0.15) is 0 Å². The van der Waals surface area contributed by atoms with E-state index in [1.54, 1.807) is 6.07 Å². The van der Waals surface area contributed by atoms with Gasteiger partial charge in [0.15, 0.2) is 0 Å². The Kier molecular flexibility index (Phi) is 5.25. The maximum absolute atomic E-state index is 13.0. The molecule has 0 bridgehead atoms. The summed E-state index contributed by atoms with van der Waals surface area (Å²) in [5.41, 5.74) is 2.33. The quantitative estimate of drug-likeness (QED) is 0.891. The molecule has 0 aliphatic carbocycles. The highest BCUT2D eigenvalue weighted by Gasteiger charge is 2.07. The molecule has 0 saturated carbocycles. The molecular formula is C17H17FN2O2. The van der Waals surface area contributed by atoms with Crippen LogP contribution in [0.2, 0.25) is 0 Å². The number of amides is 2. The number of rotatable bonds is 5. The first-order valence-electron chi connectivity index (χ1n) is 6.90. The fraction of sp³-hybridized carbons (Fsp3) is 0.176. The van der Waals surface area contributed by atoms with Crippen LogP contribution in [0.15, 0.2) is 48.5 Å². The number of aryl methyl sites for hydroxylation is 1. The second-order valence-corrected chi connectivity index (χ2v) is 5.00. The average Bonchev–Trinajstić information content (AvgIpc) is 2.45. The van der Waals surface area contributed by atoms with Crippen LogP contribution >= 0.6 is 0 Å². The van der Waals surface area contributed by atoms with Gasteiger partial charge in [0.25, 0.3) is 0 Å². The minimum atomic E-state index is -0.429. The predicted molar refractivity (Wildman–Crippen MR) is 82.9 cm³/mol. The minimum Gasteiger partial charge on any atom is -0.347 e. The van der Waals surface area contributed by atoms with Gasteiger partial charge in [-0.15, -0.1) is 0 Å². The van der Waals surface area contributed by atoms with Gasteiger partial charge in [0.05, 0.1) is 13.0 Å². The van der Waals surface area contributed by atoms with Crippen LogP contribution in [-0.2, 0) is 16.0 Å². The average molecular weight is 300 g/mol. The summed E-state index contributed by atoms with van der Waals surface area (Å²) in [5.74, 6) is -1.07. The number of carbonyl (C=O) groups is 2. The molecule has 2 aromatic carbocycles. The van der Waals surface area contributed by atoms with E-state index in [-0.39, 0.29) is 18.9 Å². The first kappa shape index (κ1) is 15.7. The van der Waals surface area contributed by atoms with Crippen molar-refractivity contribution in [1.29, 1.82) is 0 Å². The number of carbonyl (C=O) groups excluding carboxylic acids is 2. The lowest BCUT2D eigenvalue weighted by Gasteiger charge is -2.07. The van der Waals surface area contributed by atoms with Gasteiger partial charge in [0, 0.05) is 5.69 Å². The summed E-state index contributed by atoms with van der Waals surface area (Å²) < 4.78 is 13.0. The van der Waals surface area contributed by atoms with Gasteiger partial charge in [0.2, 0.25) is 11.8 Å². The van der Waals surface area contributed by atoms with Crippen molar-refractivity contribution in [3.8, 4) is 0 Å². The Morgan fingerprint density at radius 2 is 1.82 bits per heavy atom. The summed E-state index contributed by atoms with van der Waals surface area (Å²) in [5, 5.41) is 5.06. The standard InChI is InChI=1S/C17H17FN2O2/c1-12-4-2-5-13(8-12)9-16(21)19-11-17(22)20-15-7-3-6-14(18)10-15/h2-8,10H,9,11H2,1H3,(H,19,21)(H,20,22). The topological polar surface area (TPSA) is 58.2 Å². The molecule has 0 aliphatic heterocycles. The molecule has 0 radical (unpaired) electrons. The van der Waals surface area contributed by atoms with Crippen molar-refractivity contribution in [2.45, 2.75) is 13.3 Å². The van der Waals surface area contributed by atoms with E-state index in [0.29, 0.717) is 5.69 Å². The van der Waals surface area contributed by atoms with E-state index >= 15 is 0 Å². The monoisotopic (exact) mass is 300 g/mol. The third-order valence-electron chi connectivity index (χ3n) is 3.00. The van der Waals surface area contributed by atoms with Crippen molar-refractivity contribution < 1.29 is 14.0 Å². The number of benzene rings is 2. The van der Waals surface area contributed by atoms with Crippen LogP contribution in [0, 0.1) is 12.7 Å². The third-order valence-corrected chi connectivity index (χ3v) is 3.00. The fourth-order valence-electron chi connectivity index (χ4n) is 2.02. The van der Waals surface area contributed by atoms with Crippen molar-refractivity contribution in [3.05, 3.63) is 65.5 Å². The number of hydrogen-bond acceptors (Lipinski definition) is 2. The minimum absolute atomic E-state index is 0.152. The molecule has 2 rings (SSSR count). The molecule has 4 nitrogen and oxygen atoms in total. The summed E-state index contributed by atoms with van der Waals surface area (Å²) in [6.45, 7) is 1.80. The summed E-state index contributed by atoms with van der Waals surface area (Å²) in [7, 11) is 0. The second kappa shape index (κ2) is 7.36. The Hall–Kier alpha value is -2.69. The Morgan fingerprint density at radius 1 is 1.05 bits per heavy atom. The maximum Gasteiger partial charge on any atom is 0.243 e. The highest BCUT2D eigenvalue weighted by atomic mass is 19.1. The Bertz CT molecular complexity index is 626. The summed E-state index contributed by atoms with van der Waals surface area (Å²) in [6.07, 6.45) is 0.217. The highest BCUT2D eigenvalue weighted by Crippen LogP contribution is 2.08. The Morgan fingerprint density at radius 3 is 2.55 bits per heavy atom. The molecule has 0 aliphatic rings. The van der Waals surface area contributed by atoms with Gasteiger partial charge in [-0.05, 0) is 30.7 Å². The smallest absolute Gasteiger partial charge is 0.243 e. The van der Waals surface area contributed by atoms with Crippen LogP contribution in [-0.4, -0.2) is 18.4 Å². The lowest BCUT2D eigenvalue weighted by Crippen LogP contribution is -2.33. The molecule has 0 spiro atoms. The number of hydrogen-bond donors (Lipinski definition) is 2. The molecule has 22 heavy (non-hydrogen) atoms. The molecule has 0 heterocycles. The number of halogens is 1. The van der Waals surface area contributed by atoms with Crippen molar-refractivity contribution in [1.82, 2.24) is 5.32 Å². The maximum atomic E-state index is 13.0. The zero-order valence-electron chi connectivity index (χ0n) is 12.2. The molecule has 0 fully saturated rings. The van der Waals surface area contributed by atoms with E-state index in [9.17, 15) is 14.0 Å². The van der Waals surface area contributed by atoms with Crippen LogP contribution in [0.4, 0.5) is 10.1 Å². The SMILES string of the molecule is Cc1cccc(CC(=O)NCC(=O)Nc2cccc(F)c2)c1. The van der Waals surface area contributed by atoms with Crippen LogP contribution < -0.4 is 10.6 Å². The Balaban J connectivity index is 1.79. The number of anilines is 1. The van der Waals surface area contributed by atoms with E-state index in [0.717, 1.165) is 11.1 Å². The molecule has 0 atom stereocenters. The van der Waals surface area contributed by atoms with Crippen molar-refractivity contribution in [2.24, 2.45) is 0 Å². The first-order chi connectivity index (χ1) is 10.5. The van der Waals surface area contributed by atoms with Crippen LogP contribution in [0.3, 0.4) is 0 Å². The summed E-state index contributed by atoms with van der Waals surface area (Å²) in [4.78, 5) is 23.5. The van der Waals surface area contributed by atoms with E-state index < -0.39 is 11.7 Å². The van der Waals surface area contributed by atoms with Gasteiger partial charge >= 0.3 is 0 Å². The lowest BCUT2D eigenvalue weighted by atomic mass is 10.1. The molecule has 2 amide bonds. The first-order valence-corrected chi connectivity index (χ1v) is 6.90. The van der Waals surface area contributed by atoms with Gasteiger partial charge in [-0.25, -0.2) is 4.39 Å². The Labute approximate surface area is 128 Å². The van der Waals surface area contributed by atoms with Crippen molar-refractivity contribution >= 4 is 17.5 Å². The highest BCUT2D eigenvalue weighted by molar-refractivity contribution is 5.94. The third kappa shape index (κ3) is 5.01. The largest absolute Gasteiger partial charge is 0.347 e. The zero-order chi connectivity index (χ0) is 15.9. The van der Waals surface area contributed by atoms with Gasteiger partial charge in [0.1, 0.15) is 5.82 Å². The van der Waals surface area contributed by atoms with E-state index in [1.807, 2.05) is 31.2 Å².